The highest BCUT2D eigenvalue weighted by atomic mass is 16.5. The van der Waals surface area contributed by atoms with Gasteiger partial charge in [-0.2, -0.15) is 4.98 Å². The number of carbonyl (C=O) groups excluding carboxylic acids is 1. The number of carbonyl (C=O) groups is 1. The molecular formula is C18H23N3O4. The van der Waals surface area contributed by atoms with Gasteiger partial charge in [-0.1, -0.05) is 31.1 Å². The number of nitrogens with zero attached hydrogens (tertiary/aromatic N) is 2. The predicted molar refractivity (Wildman–Crippen MR) is 90.0 cm³/mol. The first-order chi connectivity index (χ1) is 11.9. The van der Waals surface area contributed by atoms with E-state index >= 15 is 0 Å². The van der Waals surface area contributed by atoms with Crippen LogP contribution in [-0.2, 0) is 23.2 Å². The molecule has 1 amide bonds. The van der Waals surface area contributed by atoms with Gasteiger partial charge in [-0.3, -0.25) is 4.79 Å². The van der Waals surface area contributed by atoms with Crippen molar-refractivity contribution in [1.29, 1.82) is 0 Å². The minimum Gasteiger partial charge on any atom is -0.497 e. The Morgan fingerprint density at radius 1 is 1.36 bits per heavy atom. The van der Waals surface area contributed by atoms with Crippen molar-refractivity contribution in [2.24, 2.45) is 5.41 Å². The normalized spacial score (nSPS) is 21.0. The molecule has 0 bridgehead atoms. The van der Waals surface area contributed by atoms with Crippen LogP contribution < -0.4 is 10.1 Å². The van der Waals surface area contributed by atoms with Crippen LogP contribution in [0, 0.1) is 5.41 Å². The molecule has 7 nitrogen and oxygen atoms in total. The van der Waals surface area contributed by atoms with Crippen molar-refractivity contribution in [3.8, 4) is 5.75 Å². The van der Waals surface area contributed by atoms with E-state index in [4.69, 9.17) is 14.4 Å². The second kappa shape index (κ2) is 6.48. The van der Waals surface area contributed by atoms with Gasteiger partial charge in [0.15, 0.2) is 5.82 Å². The second-order valence-corrected chi connectivity index (χ2v) is 6.96. The van der Waals surface area contributed by atoms with Crippen LogP contribution in [0.15, 0.2) is 28.8 Å². The van der Waals surface area contributed by atoms with Gasteiger partial charge in [-0.15, -0.1) is 0 Å². The van der Waals surface area contributed by atoms with Gasteiger partial charge in [0.1, 0.15) is 12.4 Å². The smallest absolute Gasteiger partial charge is 0.252 e. The molecule has 0 saturated heterocycles. The summed E-state index contributed by atoms with van der Waals surface area (Å²) >= 11 is 0. The Balaban J connectivity index is 1.67. The molecule has 0 aliphatic heterocycles. The summed E-state index contributed by atoms with van der Waals surface area (Å²) in [5.74, 6) is 1.43. The molecule has 134 valence electrons. The maximum Gasteiger partial charge on any atom is 0.252 e. The van der Waals surface area contributed by atoms with E-state index in [9.17, 15) is 4.79 Å². The Morgan fingerprint density at radius 2 is 2.04 bits per heavy atom. The highest BCUT2D eigenvalue weighted by molar-refractivity contribution is 5.93. The fourth-order valence-electron chi connectivity index (χ4n) is 3.40. The molecule has 25 heavy (non-hydrogen) atoms. The highest BCUT2D eigenvalue weighted by Gasteiger charge is 2.66. The summed E-state index contributed by atoms with van der Waals surface area (Å²) < 4.78 is 10.0. The average Bonchev–Trinajstić information content (AvgIpc) is 2.96. The number of amides is 1. The van der Waals surface area contributed by atoms with Crippen LogP contribution in [0.25, 0.3) is 0 Å². The van der Waals surface area contributed by atoms with E-state index < -0.39 is 5.41 Å². The summed E-state index contributed by atoms with van der Waals surface area (Å²) in [6, 6.07) is 7.68. The summed E-state index contributed by atoms with van der Waals surface area (Å²) in [5, 5.41) is 15.7. The third-order valence-electron chi connectivity index (χ3n) is 4.99. The minimum atomic E-state index is -0.521. The Hall–Kier alpha value is -2.41. The van der Waals surface area contributed by atoms with Crippen LogP contribution in [0.4, 0.5) is 0 Å². The van der Waals surface area contributed by atoms with Gasteiger partial charge in [0.2, 0.25) is 5.91 Å². The first kappa shape index (κ1) is 17.4. The van der Waals surface area contributed by atoms with Crippen LogP contribution >= 0.6 is 0 Å². The fourth-order valence-corrected chi connectivity index (χ4v) is 3.40. The van der Waals surface area contributed by atoms with E-state index in [0.717, 1.165) is 17.7 Å². The molecule has 0 radical (unpaired) electrons. The van der Waals surface area contributed by atoms with Crippen LogP contribution in [0.2, 0.25) is 0 Å². The van der Waals surface area contributed by atoms with Crippen LogP contribution in [0.1, 0.15) is 37.5 Å². The second-order valence-electron chi connectivity index (χ2n) is 6.96. The topological polar surface area (TPSA) is 97.5 Å². The molecule has 1 aliphatic carbocycles. The van der Waals surface area contributed by atoms with Gasteiger partial charge in [0.25, 0.3) is 5.89 Å². The minimum absolute atomic E-state index is 0.00791. The lowest BCUT2D eigenvalue weighted by molar-refractivity contribution is -0.124. The van der Waals surface area contributed by atoms with E-state index in [1.807, 2.05) is 24.3 Å². The Bertz CT molecular complexity index is 754. The van der Waals surface area contributed by atoms with Crippen molar-refractivity contribution in [2.75, 3.05) is 13.7 Å². The third kappa shape index (κ3) is 3.11. The molecule has 2 aromatic rings. The summed E-state index contributed by atoms with van der Waals surface area (Å²) in [4.78, 5) is 16.9. The molecule has 1 saturated carbocycles. The molecule has 0 spiro atoms. The first-order valence-corrected chi connectivity index (χ1v) is 8.28. The lowest BCUT2D eigenvalue weighted by Gasteiger charge is -2.21. The summed E-state index contributed by atoms with van der Waals surface area (Å²) in [6.07, 6.45) is 1.25. The van der Waals surface area contributed by atoms with Crippen molar-refractivity contribution in [3.63, 3.8) is 0 Å². The SMILES string of the molecule is COc1ccc([C@@]2(C(=O)NCCc3noc(CO)n3)CC2(C)C)cc1. The number of methoxy groups -OCH3 is 1. The lowest BCUT2D eigenvalue weighted by atomic mass is 9.87. The third-order valence-corrected chi connectivity index (χ3v) is 4.99. The highest BCUT2D eigenvalue weighted by Crippen LogP contribution is 2.64. The standard InChI is InChI=1S/C18H23N3O4/c1-17(2)11-18(17,12-4-6-13(24-3)7-5-12)16(23)19-9-8-14-20-15(10-22)25-21-14/h4-7,22H,8-11H2,1-3H3,(H,19,23)/t18-/m1/s1. The first-order valence-electron chi connectivity index (χ1n) is 8.28. The van der Waals surface area contributed by atoms with Gasteiger partial charge >= 0.3 is 0 Å². The largest absolute Gasteiger partial charge is 0.497 e. The Labute approximate surface area is 146 Å². The van der Waals surface area contributed by atoms with Gasteiger partial charge in [-0.05, 0) is 29.5 Å². The molecule has 7 heteroatoms. The van der Waals surface area contributed by atoms with Crippen LogP contribution in [-0.4, -0.2) is 34.8 Å². The molecule has 3 rings (SSSR count). The average molecular weight is 345 g/mol. The number of hydrogen-bond donors (Lipinski definition) is 2. The van der Waals surface area contributed by atoms with E-state index in [2.05, 4.69) is 29.3 Å². The zero-order valence-corrected chi connectivity index (χ0v) is 14.7. The number of aliphatic hydroxyl groups is 1. The van der Waals surface area contributed by atoms with Gasteiger partial charge < -0.3 is 19.7 Å². The molecule has 1 aromatic heterocycles. The maximum atomic E-state index is 12.9. The van der Waals surface area contributed by atoms with Crippen molar-refractivity contribution < 1.29 is 19.2 Å². The van der Waals surface area contributed by atoms with Crippen molar-refractivity contribution in [3.05, 3.63) is 41.5 Å². The fraction of sp³-hybridized carbons (Fsp3) is 0.500. The Morgan fingerprint density at radius 3 is 2.56 bits per heavy atom. The van der Waals surface area contributed by atoms with Crippen LogP contribution in [0.5, 0.6) is 5.75 Å². The lowest BCUT2D eigenvalue weighted by Crippen LogP contribution is -2.38. The van der Waals surface area contributed by atoms with E-state index in [0.29, 0.717) is 18.8 Å². The molecule has 1 atom stereocenters. The molecule has 1 heterocycles. The maximum absolute atomic E-state index is 12.9. The zero-order chi connectivity index (χ0) is 18.1. The molecular weight excluding hydrogens is 322 g/mol. The zero-order valence-electron chi connectivity index (χ0n) is 14.7. The van der Waals surface area contributed by atoms with Gasteiger partial charge in [-0.25, -0.2) is 0 Å². The molecule has 1 aliphatic rings. The van der Waals surface area contributed by atoms with Gasteiger partial charge in [0.05, 0.1) is 12.5 Å². The molecule has 2 N–H and O–H groups in total. The monoisotopic (exact) mass is 345 g/mol. The molecule has 0 unspecified atom stereocenters. The number of rotatable bonds is 7. The summed E-state index contributed by atoms with van der Waals surface area (Å²) in [5.41, 5.74) is 0.382. The summed E-state index contributed by atoms with van der Waals surface area (Å²) in [7, 11) is 1.62. The van der Waals surface area contributed by atoms with Crippen molar-refractivity contribution in [2.45, 2.75) is 38.7 Å². The number of benzene rings is 1. The van der Waals surface area contributed by atoms with E-state index in [1.54, 1.807) is 7.11 Å². The quantitative estimate of drug-likeness (QED) is 0.791. The number of nitrogens with one attached hydrogen (secondary N) is 1. The van der Waals surface area contributed by atoms with E-state index in [1.165, 1.54) is 0 Å². The summed E-state index contributed by atoms with van der Waals surface area (Å²) in [6.45, 7) is 4.33. The van der Waals surface area contributed by atoms with Crippen molar-refractivity contribution in [1.82, 2.24) is 15.5 Å². The number of ether oxygens (including phenoxy) is 1. The molecule has 1 fully saturated rings. The van der Waals surface area contributed by atoms with Gasteiger partial charge in [0, 0.05) is 13.0 Å². The van der Waals surface area contributed by atoms with Crippen LogP contribution in [0.3, 0.4) is 0 Å². The van der Waals surface area contributed by atoms with Crippen molar-refractivity contribution >= 4 is 5.91 Å². The number of aromatic nitrogens is 2. The number of hydrogen-bond acceptors (Lipinski definition) is 6. The number of aliphatic hydroxyl groups excluding tert-OH is 1. The predicted octanol–water partition coefficient (Wildman–Crippen LogP) is 1.60. The Kier molecular flexibility index (Phi) is 4.51. The van der Waals surface area contributed by atoms with E-state index in [-0.39, 0.29) is 23.8 Å². The molecule has 1 aromatic carbocycles.